The highest BCUT2D eigenvalue weighted by molar-refractivity contribution is 6.37. The van der Waals surface area contributed by atoms with E-state index in [9.17, 15) is 0 Å². The number of para-hydroxylation sites is 1. The zero-order chi connectivity index (χ0) is 19.8. The number of rotatable bonds is 1. The van der Waals surface area contributed by atoms with Crippen molar-refractivity contribution in [2.75, 3.05) is 0 Å². The fourth-order valence-electron chi connectivity index (χ4n) is 5.39. The largest absolute Gasteiger partial charge is 0.456 e. The molecule has 0 saturated carbocycles. The highest BCUT2D eigenvalue weighted by Gasteiger charge is 2.21. The van der Waals surface area contributed by atoms with Crippen molar-refractivity contribution in [3.05, 3.63) is 84.9 Å². The molecule has 0 radical (unpaired) electrons. The van der Waals surface area contributed by atoms with Crippen LogP contribution in [0.5, 0.6) is 0 Å². The third kappa shape index (κ3) is 1.84. The van der Waals surface area contributed by atoms with Crippen molar-refractivity contribution in [3.8, 4) is 0 Å². The van der Waals surface area contributed by atoms with Crippen molar-refractivity contribution >= 4 is 65.3 Å². The average molecular weight is 385 g/mol. The van der Waals surface area contributed by atoms with Crippen LogP contribution in [0, 0.1) is 0 Å². The Bertz CT molecular complexity index is 1780. The number of hydrogen-bond acceptors (Lipinski definition) is 1. The van der Waals surface area contributed by atoms with Gasteiger partial charge in [-0.1, -0.05) is 66.7 Å². The maximum atomic E-state index is 6.24. The van der Waals surface area contributed by atoms with Gasteiger partial charge in [-0.2, -0.15) is 0 Å². The van der Waals surface area contributed by atoms with E-state index in [1.165, 1.54) is 54.1 Å². The second kappa shape index (κ2) is 5.64. The lowest BCUT2D eigenvalue weighted by atomic mass is 9.95. The molecule has 2 aromatic heterocycles. The lowest BCUT2D eigenvalue weighted by molar-refractivity contribution is 0.669. The van der Waals surface area contributed by atoms with Gasteiger partial charge >= 0.3 is 0 Å². The van der Waals surface area contributed by atoms with Crippen LogP contribution in [0.3, 0.4) is 0 Å². The molecule has 0 aliphatic carbocycles. The number of nitrogens with zero attached hydrogens (tertiary/aromatic N) is 1. The summed E-state index contributed by atoms with van der Waals surface area (Å²) in [7, 11) is 0. The molecule has 0 amide bonds. The number of hydrogen-bond donors (Lipinski definition) is 0. The molecule has 2 heterocycles. The summed E-state index contributed by atoms with van der Waals surface area (Å²) in [6, 6.07) is 30.4. The highest BCUT2D eigenvalue weighted by atomic mass is 16.3. The van der Waals surface area contributed by atoms with Gasteiger partial charge in [0, 0.05) is 33.5 Å². The smallest absolute Gasteiger partial charge is 0.136 e. The molecule has 30 heavy (non-hydrogen) atoms. The lowest BCUT2D eigenvalue weighted by Gasteiger charge is -2.10. The molecule has 2 heteroatoms. The predicted molar refractivity (Wildman–Crippen MR) is 127 cm³/mol. The van der Waals surface area contributed by atoms with E-state index >= 15 is 0 Å². The van der Waals surface area contributed by atoms with Crippen LogP contribution in [0.2, 0.25) is 0 Å². The molecule has 0 bridgehead atoms. The van der Waals surface area contributed by atoms with Crippen molar-refractivity contribution in [1.29, 1.82) is 0 Å². The Morgan fingerprint density at radius 1 is 0.567 bits per heavy atom. The van der Waals surface area contributed by atoms with Crippen LogP contribution in [0.15, 0.2) is 89.3 Å². The fraction of sp³-hybridized carbons (Fsp3) is 0.0714. The first-order valence-corrected chi connectivity index (χ1v) is 10.5. The van der Waals surface area contributed by atoms with Gasteiger partial charge in [0.25, 0.3) is 0 Å². The van der Waals surface area contributed by atoms with E-state index in [0.717, 1.165) is 17.7 Å². The normalized spacial score (nSPS) is 12.3. The average Bonchev–Trinajstić information content (AvgIpc) is 3.34. The SMILES string of the molecule is CCn1c2ccc3oc4ccccc4c3c2c2c3ccccc3c3ccccc3c21. The molecule has 0 unspecified atom stereocenters. The van der Waals surface area contributed by atoms with E-state index in [0.29, 0.717) is 0 Å². The monoisotopic (exact) mass is 385 g/mol. The van der Waals surface area contributed by atoms with Gasteiger partial charge in [0.05, 0.1) is 11.0 Å². The minimum atomic E-state index is 0.920. The van der Waals surface area contributed by atoms with E-state index in [2.05, 4.69) is 90.4 Å². The van der Waals surface area contributed by atoms with Gasteiger partial charge < -0.3 is 8.98 Å². The van der Waals surface area contributed by atoms with E-state index in [4.69, 9.17) is 4.42 Å². The van der Waals surface area contributed by atoms with Crippen LogP contribution >= 0.6 is 0 Å². The molecule has 2 nitrogen and oxygen atoms in total. The summed E-state index contributed by atoms with van der Waals surface area (Å²) >= 11 is 0. The van der Waals surface area contributed by atoms with E-state index in [1.54, 1.807) is 0 Å². The first-order chi connectivity index (χ1) is 14.9. The Morgan fingerprint density at radius 3 is 1.97 bits per heavy atom. The molecule has 0 saturated heterocycles. The quantitative estimate of drug-likeness (QED) is 0.262. The minimum Gasteiger partial charge on any atom is -0.456 e. The first kappa shape index (κ1) is 16.1. The second-order valence-corrected chi connectivity index (χ2v) is 7.99. The molecule has 0 N–H and O–H groups in total. The van der Waals surface area contributed by atoms with Crippen LogP contribution in [-0.2, 0) is 6.54 Å². The third-order valence-corrected chi connectivity index (χ3v) is 6.55. The summed E-state index contributed by atoms with van der Waals surface area (Å²) in [5.41, 5.74) is 4.49. The Hall–Kier alpha value is -3.78. The molecule has 7 rings (SSSR count). The van der Waals surface area contributed by atoms with E-state index in [1.807, 2.05) is 6.07 Å². The molecule has 0 spiro atoms. The van der Waals surface area contributed by atoms with Gasteiger partial charge in [-0.25, -0.2) is 0 Å². The Balaban J connectivity index is 1.93. The Kier molecular flexibility index (Phi) is 3.02. The lowest BCUT2D eigenvalue weighted by Crippen LogP contribution is -1.94. The van der Waals surface area contributed by atoms with Crippen LogP contribution in [0.25, 0.3) is 65.3 Å². The van der Waals surface area contributed by atoms with Gasteiger partial charge in [-0.3, -0.25) is 0 Å². The zero-order valence-electron chi connectivity index (χ0n) is 16.6. The number of benzene rings is 5. The van der Waals surface area contributed by atoms with Gasteiger partial charge in [0.2, 0.25) is 0 Å². The van der Waals surface area contributed by atoms with Gasteiger partial charge in [0.1, 0.15) is 11.2 Å². The van der Waals surface area contributed by atoms with Crippen molar-refractivity contribution in [3.63, 3.8) is 0 Å². The van der Waals surface area contributed by atoms with Crippen molar-refractivity contribution in [2.24, 2.45) is 0 Å². The molecular weight excluding hydrogens is 366 g/mol. The standard InChI is InChI=1S/C28H19NO/c1-2-29-22-15-16-24-25(21-13-7-8-14-23(21)30-24)27(22)26-19-11-5-3-9-17(19)18-10-4-6-12-20(18)28(26)29/h3-16H,2H2,1H3. The molecule has 0 aliphatic rings. The van der Waals surface area contributed by atoms with Crippen molar-refractivity contribution in [1.82, 2.24) is 4.57 Å². The second-order valence-electron chi connectivity index (χ2n) is 7.99. The summed E-state index contributed by atoms with van der Waals surface area (Å²) in [6.07, 6.45) is 0. The van der Waals surface area contributed by atoms with Gasteiger partial charge in [-0.15, -0.1) is 0 Å². The van der Waals surface area contributed by atoms with Crippen molar-refractivity contribution < 1.29 is 4.42 Å². The number of aryl methyl sites for hydroxylation is 1. The summed E-state index contributed by atoms with van der Waals surface area (Å²) in [5.74, 6) is 0. The number of furan rings is 1. The van der Waals surface area contributed by atoms with E-state index in [-0.39, 0.29) is 0 Å². The van der Waals surface area contributed by atoms with Gasteiger partial charge in [-0.05, 0) is 41.3 Å². The summed E-state index contributed by atoms with van der Waals surface area (Å²) in [6.45, 7) is 3.16. The van der Waals surface area contributed by atoms with Crippen LogP contribution in [-0.4, -0.2) is 4.57 Å². The highest BCUT2D eigenvalue weighted by Crippen LogP contribution is 2.45. The molecule has 0 atom stereocenters. The Morgan fingerprint density at radius 2 is 1.20 bits per heavy atom. The molecular formula is C28H19NO. The summed E-state index contributed by atoms with van der Waals surface area (Å²) in [4.78, 5) is 0. The predicted octanol–water partition coefficient (Wildman–Crippen LogP) is 8.02. The summed E-state index contributed by atoms with van der Waals surface area (Å²) in [5, 5.41) is 10.3. The maximum Gasteiger partial charge on any atom is 0.136 e. The van der Waals surface area contributed by atoms with Crippen LogP contribution in [0.4, 0.5) is 0 Å². The topological polar surface area (TPSA) is 18.1 Å². The van der Waals surface area contributed by atoms with E-state index < -0.39 is 0 Å². The number of aromatic nitrogens is 1. The van der Waals surface area contributed by atoms with Crippen LogP contribution in [0.1, 0.15) is 6.92 Å². The zero-order valence-corrected chi connectivity index (χ0v) is 16.6. The third-order valence-electron chi connectivity index (χ3n) is 6.55. The molecule has 0 aliphatic heterocycles. The van der Waals surface area contributed by atoms with Gasteiger partial charge in [0.15, 0.2) is 0 Å². The van der Waals surface area contributed by atoms with Crippen LogP contribution < -0.4 is 0 Å². The molecule has 5 aromatic carbocycles. The Labute approximate surface area is 172 Å². The maximum absolute atomic E-state index is 6.24. The summed E-state index contributed by atoms with van der Waals surface area (Å²) < 4.78 is 8.72. The number of fused-ring (bicyclic) bond motifs is 12. The molecule has 142 valence electrons. The minimum absolute atomic E-state index is 0.920. The van der Waals surface area contributed by atoms with Crippen molar-refractivity contribution in [2.45, 2.75) is 13.5 Å². The molecule has 0 fully saturated rings. The fourth-order valence-corrected chi connectivity index (χ4v) is 5.39. The molecule has 7 aromatic rings. The first-order valence-electron chi connectivity index (χ1n) is 10.5.